The molecule has 0 aliphatic carbocycles. The first-order valence-electron chi connectivity index (χ1n) is 3.87. The summed E-state index contributed by atoms with van der Waals surface area (Å²) in [6.07, 6.45) is 1.45. The summed E-state index contributed by atoms with van der Waals surface area (Å²) < 4.78 is 14.9. The second kappa shape index (κ2) is 4.91. The fourth-order valence-electron chi connectivity index (χ4n) is 0.995. The number of halogens is 3. The standard InChI is InChI=1S/C10H9Br2F/c1-7(11)2-3-8-4-5-9(12)6-10(8)13/h4-6H,1-3H2. The van der Waals surface area contributed by atoms with E-state index in [-0.39, 0.29) is 5.82 Å². The van der Waals surface area contributed by atoms with Crippen LogP contribution in [0.4, 0.5) is 4.39 Å². The van der Waals surface area contributed by atoms with E-state index in [1.54, 1.807) is 6.07 Å². The highest BCUT2D eigenvalue weighted by Crippen LogP contribution is 2.18. The van der Waals surface area contributed by atoms with Gasteiger partial charge in [0.2, 0.25) is 0 Å². The Kier molecular flexibility index (Phi) is 4.13. The first kappa shape index (κ1) is 10.9. The van der Waals surface area contributed by atoms with Crippen molar-refractivity contribution in [1.82, 2.24) is 0 Å². The van der Waals surface area contributed by atoms with Crippen LogP contribution in [0.25, 0.3) is 0 Å². The Morgan fingerprint density at radius 2 is 2.15 bits per heavy atom. The third kappa shape index (κ3) is 3.61. The van der Waals surface area contributed by atoms with Crippen LogP contribution >= 0.6 is 31.9 Å². The highest BCUT2D eigenvalue weighted by molar-refractivity contribution is 9.11. The lowest BCUT2D eigenvalue weighted by molar-refractivity contribution is 0.608. The molecule has 3 heteroatoms. The van der Waals surface area contributed by atoms with Gasteiger partial charge in [-0.2, -0.15) is 0 Å². The lowest BCUT2D eigenvalue weighted by atomic mass is 10.1. The van der Waals surface area contributed by atoms with Crippen LogP contribution in [0.3, 0.4) is 0 Å². The monoisotopic (exact) mass is 306 g/mol. The quantitative estimate of drug-likeness (QED) is 0.775. The van der Waals surface area contributed by atoms with Crippen LogP contribution in [-0.2, 0) is 6.42 Å². The summed E-state index contributed by atoms with van der Waals surface area (Å²) in [6.45, 7) is 3.70. The molecule has 1 aromatic rings. The van der Waals surface area contributed by atoms with Gasteiger partial charge in [-0.05, 0) is 35.0 Å². The van der Waals surface area contributed by atoms with Gasteiger partial charge in [-0.15, -0.1) is 0 Å². The van der Waals surface area contributed by atoms with Gasteiger partial charge in [0, 0.05) is 4.47 Å². The molecule has 0 amide bonds. The molecule has 70 valence electrons. The smallest absolute Gasteiger partial charge is 0.127 e. The molecule has 0 spiro atoms. The van der Waals surface area contributed by atoms with E-state index < -0.39 is 0 Å². The number of rotatable bonds is 3. The van der Waals surface area contributed by atoms with E-state index in [4.69, 9.17) is 0 Å². The normalized spacial score (nSPS) is 10.1. The van der Waals surface area contributed by atoms with Gasteiger partial charge in [0.05, 0.1) is 0 Å². The zero-order chi connectivity index (χ0) is 9.84. The molecule has 0 N–H and O–H groups in total. The Hall–Kier alpha value is -0.150. The second-order valence-electron chi connectivity index (χ2n) is 2.75. The Morgan fingerprint density at radius 1 is 1.46 bits per heavy atom. The molecule has 0 unspecified atom stereocenters. The van der Waals surface area contributed by atoms with Crippen molar-refractivity contribution in [3.63, 3.8) is 0 Å². The Labute approximate surface area is 94.1 Å². The van der Waals surface area contributed by atoms with E-state index in [1.165, 1.54) is 6.07 Å². The van der Waals surface area contributed by atoms with E-state index in [0.29, 0.717) is 6.42 Å². The average molecular weight is 308 g/mol. The van der Waals surface area contributed by atoms with Crippen LogP contribution in [0.15, 0.2) is 33.7 Å². The van der Waals surface area contributed by atoms with Crippen LogP contribution in [-0.4, -0.2) is 0 Å². The van der Waals surface area contributed by atoms with Crippen molar-refractivity contribution < 1.29 is 4.39 Å². The summed E-state index contributed by atoms with van der Waals surface area (Å²) in [4.78, 5) is 0. The van der Waals surface area contributed by atoms with Crippen molar-refractivity contribution in [2.75, 3.05) is 0 Å². The predicted molar refractivity (Wildman–Crippen MR) is 60.5 cm³/mol. The molecule has 0 atom stereocenters. The summed E-state index contributed by atoms with van der Waals surface area (Å²) in [5.41, 5.74) is 0.726. The maximum Gasteiger partial charge on any atom is 0.127 e. The summed E-state index contributed by atoms with van der Waals surface area (Å²) in [6, 6.07) is 5.11. The van der Waals surface area contributed by atoms with Gasteiger partial charge in [0.15, 0.2) is 0 Å². The number of benzene rings is 1. The molecule has 0 saturated carbocycles. The van der Waals surface area contributed by atoms with Gasteiger partial charge in [0.25, 0.3) is 0 Å². The fraction of sp³-hybridized carbons (Fsp3) is 0.200. The molecular formula is C10H9Br2F. The van der Waals surface area contributed by atoms with Gasteiger partial charge >= 0.3 is 0 Å². The fourth-order valence-corrected chi connectivity index (χ4v) is 1.53. The van der Waals surface area contributed by atoms with Crippen LogP contribution < -0.4 is 0 Å². The number of hydrogen-bond donors (Lipinski definition) is 0. The van der Waals surface area contributed by atoms with Crippen molar-refractivity contribution in [2.45, 2.75) is 12.8 Å². The molecule has 1 rings (SSSR count). The summed E-state index contributed by atoms with van der Waals surface area (Å²) in [5, 5.41) is 0. The van der Waals surface area contributed by atoms with E-state index in [9.17, 15) is 4.39 Å². The lowest BCUT2D eigenvalue weighted by Crippen LogP contribution is -1.90. The SMILES string of the molecule is C=C(Br)CCc1ccc(Br)cc1F. The third-order valence-electron chi connectivity index (χ3n) is 1.68. The van der Waals surface area contributed by atoms with Crippen molar-refractivity contribution in [3.05, 3.63) is 45.1 Å². The first-order valence-corrected chi connectivity index (χ1v) is 5.45. The van der Waals surface area contributed by atoms with Crippen LogP contribution in [0.5, 0.6) is 0 Å². The zero-order valence-electron chi connectivity index (χ0n) is 6.99. The maximum atomic E-state index is 13.2. The molecule has 0 fully saturated rings. The number of hydrogen-bond acceptors (Lipinski definition) is 0. The minimum absolute atomic E-state index is 0.164. The third-order valence-corrected chi connectivity index (χ3v) is 2.57. The van der Waals surface area contributed by atoms with E-state index >= 15 is 0 Å². The van der Waals surface area contributed by atoms with Crippen molar-refractivity contribution in [3.8, 4) is 0 Å². The zero-order valence-corrected chi connectivity index (χ0v) is 10.2. The summed E-state index contributed by atoms with van der Waals surface area (Å²) >= 11 is 6.45. The summed E-state index contributed by atoms with van der Waals surface area (Å²) in [5.74, 6) is -0.164. The average Bonchev–Trinajstić information content (AvgIpc) is 2.02. The van der Waals surface area contributed by atoms with Crippen LogP contribution in [0.1, 0.15) is 12.0 Å². The minimum Gasteiger partial charge on any atom is -0.207 e. The molecule has 0 radical (unpaired) electrons. The van der Waals surface area contributed by atoms with E-state index in [1.807, 2.05) is 6.07 Å². The van der Waals surface area contributed by atoms with Gasteiger partial charge in [-0.3, -0.25) is 0 Å². The van der Waals surface area contributed by atoms with Crippen molar-refractivity contribution in [1.29, 1.82) is 0 Å². The highest BCUT2D eigenvalue weighted by Gasteiger charge is 2.02. The molecule has 0 aliphatic heterocycles. The van der Waals surface area contributed by atoms with Crippen molar-refractivity contribution >= 4 is 31.9 Å². The largest absolute Gasteiger partial charge is 0.207 e. The minimum atomic E-state index is -0.164. The second-order valence-corrected chi connectivity index (χ2v) is 4.79. The highest BCUT2D eigenvalue weighted by atomic mass is 79.9. The first-order chi connectivity index (χ1) is 6.09. The molecule has 0 aromatic heterocycles. The molecular weight excluding hydrogens is 299 g/mol. The van der Waals surface area contributed by atoms with Crippen LogP contribution in [0, 0.1) is 5.82 Å². The Balaban J connectivity index is 2.72. The van der Waals surface area contributed by atoms with Gasteiger partial charge in [-0.25, -0.2) is 4.39 Å². The van der Waals surface area contributed by atoms with Gasteiger partial charge in [0.1, 0.15) is 5.82 Å². The van der Waals surface area contributed by atoms with Gasteiger partial charge in [-0.1, -0.05) is 44.5 Å². The molecule has 0 aliphatic rings. The predicted octanol–water partition coefficient (Wildman–Crippen LogP) is 4.43. The van der Waals surface area contributed by atoms with Gasteiger partial charge < -0.3 is 0 Å². The van der Waals surface area contributed by atoms with Crippen LogP contribution in [0.2, 0.25) is 0 Å². The molecule has 0 nitrogen and oxygen atoms in total. The number of allylic oxidation sites excluding steroid dienone is 1. The van der Waals surface area contributed by atoms with E-state index in [2.05, 4.69) is 38.4 Å². The Morgan fingerprint density at radius 3 is 2.69 bits per heavy atom. The lowest BCUT2D eigenvalue weighted by Gasteiger charge is -2.02. The number of aryl methyl sites for hydroxylation is 1. The molecule has 0 heterocycles. The molecule has 0 bridgehead atoms. The maximum absolute atomic E-state index is 13.2. The molecule has 1 aromatic carbocycles. The summed E-state index contributed by atoms with van der Waals surface area (Å²) in [7, 11) is 0. The topological polar surface area (TPSA) is 0 Å². The van der Waals surface area contributed by atoms with Crippen molar-refractivity contribution in [2.24, 2.45) is 0 Å². The Bertz CT molecular complexity index is 321. The molecule has 13 heavy (non-hydrogen) atoms. The molecule has 0 saturated heterocycles. The van der Waals surface area contributed by atoms with E-state index in [0.717, 1.165) is 20.9 Å².